The van der Waals surface area contributed by atoms with E-state index in [1.54, 1.807) is 6.08 Å². The molecule has 0 aliphatic carbocycles. The monoisotopic (exact) mass is 417 g/mol. The second-order valence-corrected chi connectivity index (χ2v) is 7.58. The Labute approximate surface area is 187 Å². The molecule has 0 bridgehead atoms. The van der Waals surface area contributed by atoms with Crippen LogP contribution in [0.25, 0.3) is 11.1 Å². The minimum absolute atomic E-state index is 0.127. The third-order valence-electron chi connectivity index (χ3n) is 5.36. The van der Waals surface area contributed by atoms with Crippen molar-refractivity contribution in [1.29, 1.82) is 0 Å². The van der Waals surface area contributed by atoms with Gasteiger partial charge in [0.2, 0.25) is 0 Å². The standard InChI is InChI=1S/C28H35NO2/c1-4-26(31)13-9-14-27(28(15-10-22-30)24-11-7-6-8-12-24)25-18-16-23(17-19-25)20-21-29(3)5-2/h4,6-9,11-14,16-19,30-31H,1,5,10,15,20-22H2,2-3H3/b14-9+,26-13+,28-27-. The molecule has 0 aliphatic rings. The second kappa shape index (κ2) is 13.4. The quantitative estimate of drug-likeness (QED) is 0.251. The van der Waals surface area contributed by atoms with E-state index in [0.29, 0.717) is 6.42 Å². The van der Waals surface area contributed by atoms with Gasteiger partial charge in [0.25, 0.3) is 0 Å². The molecule has 0 fully saturated rings. The number of aliphatic hydroxyl groups excluding tert-OH is 2. The number of aliphatic hydroxyl groups is 2. The van der Waals surface area contributed by atoms with Crippen molar-refractivity contribution >= 4 is 11.1 Å². The molecule has 2 rings (SSSR count). The van der Waals surface area contributed by atoms with Crippen molar-refractivity contribution in [3.8, 4) is 0 Å². The maximum Gasteiger partial charge on any atom is 0.114 e. The van der Waals surface area contributed by atoms with Crippen LogP contribution >= 0.6 is 0 Å². The van der Waals surface area contributed by atoms with Gasteiger partial charge in [-0.3, -0.25) is 0 Å². The molecule has 31 heavy (non-hydrogen) atoms. The fraction of sp³-hybridized carbons (Fsp3) is 0.286. The number of nitrogens with zero attached hydrogens (tertiary/aromatic N) is 1. The van der Waals surface area contributed by atoms with Crippen LogP contribution in [0.3, 0.4) is 0 Å². The van der Waals surface area contributed by atoms with Gasteiger partial charge in [0.05, 0.1) is 0 Å². The molecule has 0 aliphatic heterocycles. The van der Waals surface area contributed by atoms with E-state index >= 15 is 0 Å². The van der Waals surface area contributed by atoms with Gasteiger partial charge in [-0.15, -0.1) is 0 Å². The molecule has 3 nitrogen and oxygen atoms in total. The molecule has 0 saturated carbocycles. The van der Waals surface area contributed by atoms with Gasteiger partial charge in [-0.1, -0.05) is 80.3 Å². The van der Waals surface area contributed by atoms with Crippen molar-refractivity contribution in [1.82, 2.24) is 4.90 Å². The zero-order valence-corrected chi connectivity index (χ0v) is 18.8. The van der Waals surface area contributed by atoms with Crippen molar-refractivity contribution in [2.75, 3.05) is 26.7 Å². The Morgan fingerprint density at radius 1 is 1.03 bits per heavy atom. The Balaban J connectivity index is 2.47. The normalized spacial score (nSPS) is 13.0. The minimum Gasteiger partial charge on any atom is -0.508 e. The highest BCUT2D eigenvalue weighted by atomic mass is 16.3. The van der Waals surface area contributed by atoms with Crippen LogP contribution in [0.1, 0.15) is 36.5 Å². The lowest BCUT2D eigenvalue weighted by Gasteiger charge is -2.16. The molecule has 0 amide bonds. The van der Waals surface area contributed by atoms with Gasteiger partial charge in [-0.2, -0.15) is 0 Å². The van der Waals surface area contributed by atoms with Gasteiger partial charge >= 0.3 is 0 Å². The molecular weight excluding hydrogens is 382 g/mol. The number of rotatable bonds is 12. The lowest BCUT2D eigenvalue weighted by molar-refractivity contribution is 0.290. The van der Waals surface area contributed by atoms with Crippen LogP contribution in [0.5, 0.6) is 0 Å². The Morgan fingerprint density at radius 3 is 2.35 bits per heavy atom. The number of allylic oxidation sites excluding steroid dienone is 6. The first kappa shape index (κ1) is 24.4. The molecule has 2 aromatic carbocycles. The smallest absolute Gasteiger partial charge is 0.114 e. The highest BCUT2D eigenvalue weighted by molar-refractivity contribution is 5.95. The summed E-state index contributed by atoms with van der Waals surface area (Å²) in [5.74, 6) is 0.127. The molecule has 0 atom stereocenters. The van der Waals surface area contributed by atoms with Crippen molar-refractivity contribution < 1.29 is 10.2 Å². The Hall–Kier alpha value is -2.88. The summed E-state index contributed by atoms with van der Waals surface area (Å²) in [5, 5.41) is 19.2. The van der Waals surface area contributed by atoms with E-state index < -0.39 is 0 Å². The molecule has 0 aromatic heterocycles. The van der Waals surface area contributed by atoms with E-state index in [4.69, 9.17) is 0 Å². The lowest BCUT2D eigenvalue weighted by Crippen LogP contribution is -2.20. The van der Waals surface area contributed by atoms with Gasteiger partial charge in [-0.25, -0.2) is 0 Å². The first-order valence-electron chi connectivity index (χ1n) is 11.0. The van der Waals surface area contributed by atoms with Crippen molar-refractivity contribution in [3.05, 3.63) is 108 Å². The summed E-state index contributed by atoms with van der Waals surface area (Å²) < 4.78 is 0. The summed E-state index contributed by atoms with van der Waals surface area (Å²) in [5.41, 5.74) is 5.84. The molecule has 0 spiro atoms. The number of likely N-dealkylation sites (N-methyl/N-ethyl adjacent to an activating group) is 1. The van der Waals surface area contributed by atoms with Crippen LogP contribution < -0.4 is 0 Å². The van der Waals surface area contributed by atoms with E-state index in [1.165, 1.54) is 17.2 Å². The summed E-state index contributed by atoms with van der Waals surface area (Å²) in [4.78, 5) is 2.31. The summed E-state index contributed by atoms with van der Waals surface area (Å²) in [7, 11) is 2.14. The second-order valence-electron chi connectivity index (χ2n) is 7.58. The molecule has 2 N–H and O–H groups in total. The third-order valence-corrected chi connectivity index (χ3v) is 5.36. The largest absolute Gasteiger partial charge is 0.508 e. The lowest BCUT2D eigenvalue weighted by atomic mass is 9.90. The Kier molecular flexibility index (Phi) is 10.6. The number of benzene rings is 2. The first-order chi connectivity index (χ1) is 15.1. The van der Waals surface area contributed by atoms with Gasteiger partial charge < -0.3 is 15.1 Å². The average molecular weight is 418 g/mol. The van der Waals surface area contributed by atoms with Crippen LogP contribution in [-0.2, 0) is 6.42 Å². The molecule has 0 radical (unpaired) electrons. The van der Waals surface area contributed by atoms with Crippen LogP contribution in [0.4, 0.5) is 0 Å². The van der Waals surface area contributed by atoms with E-state index in [1.807, 2.05) is 30.4 Å². The van der Waals surface area contributed by atoms with Crippen LogP contribution in [0.15, 0.2) is 91.2 Å². The maximum atomic E-state index is 9.74. The Bertz CT molecular complexity index is 892. The van der Waals surface area contributed by atoms with Gasteiger partial charge in [0, 0.05) is 13.2 Å². The van der Waals surface area contributed by atoms with E-state index in [2.05, 4.69) is 61.8 Å². The van der Waals surface area contributed by atoms with Crippen LogP contribution in [0.2, 0.25) is 0 Å². The summed E-state index contributed by atoms with van der Waals surface area (Å²) in [6.45, 7) is 7.99. The minimum atomic E-state index is 0.127. The van der Waals surface area contributed by atoms with E-state index in [0.717, 1.165) is 42.6 Å². The topological polar surface area (TPSA) is 43.7 Å². The zero-order chi connectivity index (χ0) is 22.5. The SMILES string of the molecule is C=C\C(O)=C/C=C/C(=C(\CCCO)c1ccccc1)c1ccc(CCN(C)CC)cc1. The van der Waals surface area contributed by atoms with Crippen molar-refractivity contribution in [2.24, 2.45) is 0 Å². The molecule has 2 aromatic rings. The maximum absolute atomic E-state index is 9.74. The van der Waals surface area contributed by atoms with Crippen molar-refractivity contribution in [3.63, 3.8) is 0 Å². The molecule has 0 unspecified atom stereocenters. The zero-order valence-electron chi connectivity index (χ0n) is 18.8. The highest BCUT2D eigenvalue weighted by Crippen LogP contribution is 2.31. The average Bonchev–Trinajstić information content (AvgIpc) is 2.82. The highest BCUT2D eigenvalue weighted by Gasteiger charge is 2.10. The predicted octanol–water partition coefficient (Wildman–Crippen LogP) is 6.05. The number of hydrogen-bond acceptors (Lipinski definition) is 3. The molecule has 0 heterocycles. The molecule has 0 saturated heterocycles. The van der Waals surface area contributed by atoms with Crippen LogP contribution in [-0.4, -0.2) is 41.9 Å². The first-order valence-corrected chi connectivity index (χ1v) is 11.0. The van der Waals surface area contributed by atoms with E-state index in [9.17, 15) is 10.2 Å². The van der Waals surface area contributed by atoms with Crippen LogP contribution in [0, 0.1) is 0 Å². The number of hydrogen-bond donors (Lipinski definition) is 2. The third kappa shape index (κ3) is 8.05. The van der Waals surface area contributed by atoms with Gasteiger partial charge in [0.15, 0.2) is 0 Å². The molecule has 3 heteroatoms. The molecule has 164 valence electrons. The Morgan fingerprint density at radius 2 is 1.74 bits per heavy atom. The van der Waals surface area contributed by atoms with E-state index in [-0.39, 0.29) is 12.4 Å². The fourth-order valence-electron chi connectivity index (χ4n) is 3.34. The summed E-state index contributed by atoms with van der Waals surface area (Å²) in [6.07, 6.45) is 9.40. The summed E-state index contributed by atoms with van der Waals surface area (Å²) in [6, 6.07) is 19.0. The predicted molar refractivity (Wildman–Crippen MR) is 133 cm³/mol. The fourth-order valence-corrected chi connectivity index (χ4v) is 3.34. The van der Waals surface area contributed by atoms with Crippen molar-refractivity contribution in [2.45, 2.75) is 26.2 Å². The van der Waals surface area contributed by atoms with Gasteiger partial charge in [-0.05, 0) is 72.8 Å². The summed E-state index contributed by atoms with van der Waals surface area (Å²) >= 11 is 0. The van der Waals surface area contributed by atoms with Gasteiger partial charge in [0.1, 0.15) is 5.76 Å². The molecular formula is C28H35NO2.